The highest BCUT2D eigenvalue weighted by molar-refractivity contribution is 5.81. The van der Waals surface area contributed by atoms with Gasteiger partial charge in [0.2, 0.25) is 5.91 Å². The van der Waals surface area contributed by atoms with Crippen LogP contribution in [-0.4, -0.2) is 82.2 Å². The Morgan fingerprint density at radius 3 is 2.51 bits per heavy atom. The number of nitrogens with zero attached hydrogens (tertiary/aromatic N) is 7. The van der Waals surface area contributed by atoms with E-state index in [1.807, 2.05) is 28.0 Å². The van der Waals surface area contributed by atoms with Gasteiger partial charge in [-0.25, -0.2) is 4.52 Å². The minimum Gasteiger partial charge on any atom is -0.370 e. The van der Waals surface area contributed by atoms with E-state index in [2.05, 4.69) is 66.0 Å². The standard InChI is InChI=1S/C32H41N7O2/c1-4-41-32(8-11-36(12-9-32)23(2)3)27-5-6-28(34-21-27)26-19-30-29(7-10-35-39(30)22-26)37-13-15-38(16-14-37)31(40)25-17-24(18-25)20-33/h5-7,10,19,21-25H,4,8-9,11-18H2,1-3H3. The van der Waals surface area contributed by atoms with Crippen LogP contribution in [0, 0.1) is 23.2 Å². The van der Waals surface area contributed by atoms with Crippen LogP contribution in [0.15, 0.2) is 42.9 Å². The van der Waals surface area contributed by atoms with Crippen molar-refractivity contribution >= 4 is 17.1 Å². The van der Waals surface area contributed by atoms with Gasteiger partial charge in [0.15, 0.2) is 0 Å². The molecular weight excluding hydrogens is 514 g/mol. The van der Waals surface area contributed by atoms with Gasteiger partial charge in [-0.3, -0.25) is 9.78 Å². The third kappa shape index (κ3) is 5.31. The van der Waals surface area contributed by atoms with E-state index in [-0.39, 0.29) is 23.3 Å². The average Bonchev–Trinajstić information content (AvgIpc) is 3.42. The number of ether oxygens (including phenoxy) is 1. The molecule has 2 saturated heterocycles. The summed E-state index contributed by atoms with van der Waals surface area (Å²) in [6.45, 7) is 12.3. The van der Waals surface area contributed by atoms with Gasteiger partial charge in [-0.05, 0) is 64.7 Å². The number of piperidine rings is 1. The lowest BCUT2D eigenvalue weighted by Gasteiger charge is -2.43. The number of anilines is 1. The summed E-state index contributed by atoms with van der Waals surface area (Å²) in [5, 5.41) is 13.6. The minimum absolute atomic E-state index is 0.0298. The Balaban J connectivity index is 1.16. The number of piperazine rings is 1. The number of amides is 1. The van der Waals surface area contributed by atoms with E-state index in [0.29, 0.717) is 38.6 Å². The highest BCUT2D eigenvalue weighted by Crippen LogP contribution is 2.38. The molecule has 0 bridgehead atoms. The monoisotopic (exact) mass is 555 g/mol. The Morgan fingerprint density at radius 1 is 1.12 bits per heavy atom. The van der Waals surface area contributed by atoms with Gasteiger partial charge in [0, 0.05) is 93.5 Å². The van der Waals surface area contributed by atoms with Crippen molar-refractivity contribution in [2.24, 2.45) is 11.8 Å². The van der Waals surface area contributed by atoms with Crippen LogP contribution in [0.25, 0.3) is 16.8 Å². The van der Waals surface area contributed by atoms with Crippen LogP contribution in [0.1, 0.15) is 52.0 Å². The average molecular weight is 556 g/mol. The molecule has 1 saturated carbocycles. The number of pyridine rings is 1. The van der Waals surface area contributed by atoms with Crippen molar-refractivity contribution in [2.75, 3.05) is 50.8 Å². The summed E-state index contributed by atoms with van der Waals surface area (Å²) in [4.78, 5) is 24.6. The van der Waals surface area contributed by atoms with E-state index in [9.17, 15) is 4.79 Å². The molecule has 0 aromatic carbocycles. The normalized spacial score (nSPS) is 23.0. The molecule has 9 nitrogen and oxygen atoms in total. The minimum atomic E-state index is -0.272. The molecule has 0 atom stereocenters. The molecule has 3 aromatic rings. The van der Waals surface area contributed by atoms with Crippen molar-refractivity contribution < 1.29 is 9.53 Å². The zero-order valence-corrected chi connectivity index (χ0v) is 24.5. The smallest absolute Gasteiger partial charge is 0.225 e. The Bertz CT molecular complexity index is 1400. The van der Waals surface area contributed by atoms with Gasteiger partial charge in [0.25, 0.3) is 0 Å². The lowest BCUT2D eigenvalue weighted by Crippen LogP contribution is -2.52. The second-order valence-corrected chi connectivity index (χ2v) is 12.1. The maximum absolute atomic E-state index is 12.8. The van der Waals surface area contributed by atoms with Crippen LogP contribution in [-0.2, 0) is 15.1 Å². The van der Waals surface area contributed by atoms with Crippen LogP contribution in [0.2, 0.25) is 0 Å². The summed E-state index contributed by atoms with van der Waals surface area (Å²) < 4.78 is 8.32. The van der Waals surface area contributed by atoms with Crippen LogP contribution in [0.4, 0.5) is 5.69 Å². The summed E-state index contributed by atoms with van der Waals surface area (Å²) in [7, 11) is 0. The first-order valence-corrected chi connectivity index (χ1v) is 15.2. The SMILES string of the molecule is CCOC1(c2ccc(-c3cc4c(N5CCN(C(=O)C6CC(C#N)C6)CC5)ccnn4c3)nc2)CCN(C(C)C)CC1. The summed E-state index contributed by atoms with van der Waals surface area (Å²) in [5.41, 5.74) is 4.99. The van der Waals surface area contributed by atoms with Gasteiger partial charge in [-0.15, -0.1) is 0 Å². The second-order valence-electron chi connectivity index (χ2n) is 12.1. The van der Waals surface area contributed by atoms with Gasteiger partial charge in [-0.1, -0.05) is 6.07 Å². The second kappa shape index (κ2) is 11.4. The number of nitriles is 1. The fourth-order valence-corrected chi connectivity index (χ4v) is 6.79. The van der Waals surface area contributed by atoms with Crippen molar-refractivity contribution in [1.29, 1.82) is 5.26 Å². The van der Waals surface area contributed by atoms with Crippen molar-refractivity contribution in [1.82, 2.24) is 24.4 Å². The summed E-state index contributed by atoms with van der Waals surface area (Å²) in [6.07, 6.45) is 9.27. The topological polar surface area (TPSA) is 90.0 Å². The molecule has 216 valence electrons. The molecule has 1 amide bonds. The fraction of sp³-hybridized carbons (Fsp3) is 0.562. The Morgan fingerprint density at radius 2 is 1.88 bits per heavy atom. The fourth-order valence-electron chi connectivity index (χ4n) is 6.79. The molecule has 3 fully saturated rings. The van der Waals surface area contributed by atoms with Gasteiger partial charge < -0.3 is 19.4 Å². The van der Waals surface area contributed by atoms with Gasteiger partial charge in [0.1, 0.15) is 0 Å². The quantitative estimate of drug-likeness (QED) is 0.429. The number of likely N-dealkylation sites (tertiary alicyclic amines) is 1. The predicted molar refractivity (Wildman–Crippen MR) is 158 cm³/mol. The van der Waals surface area contributed by atoms with Gasteiger partial charge in [-0.2, -0.15) is 10.4 Å². The Kier molecular flexibility index (Phi) is 7.71. The van der Waals surface area contributed by atoms with E-state index in [0.717, 1.165) is 67.0 Å². The number of rotatable bonds is 7. The van der Waals surface area contributed by atoms with Crippen molar-refractivity contribution in [3.63, 3.8) is 0 Å². The first-order chi connectivity index (χ1) is 19.9. The zero-order valence-electron chi connectivity index (χ0n) is 24.5. The summed E-state index contributed by atoms with van der Waals surface area (Å²) in [6, 6.07) is 11.4. The molecule has 0 spiro atoms. The molecule has 3 aromatic heterocycles. The van der Waals surface area contributed by atoms with Crippen LogP contribution >= 0.6 is 0 Å². The Hall–Kier alpha value is -3.48. The molecule has 0 unspecified atom stereocenters. The lowest BCUT2D eigenvalue weighted by molar-refractivity contribution is -0.139. The molecule has 9 heteroatoms. The van der Waals surface area contributed by atoms with E-state index in [1.165, 1.54) is 0 Å². The van der Waals surface area contributed by atoms with Gasteiger partial charge >= 0.3 is 0 Å². The third-order valence-corrected chi connectivity index (χ3v) is 9.43. The van der Waals surface area contributed by atoms with Crippen molar-refractivity contribution in [3.8, 4) is 17.3 Å². The first kappa shape index (κ1) is 27.7. The predicted octanol–water partition coefficient (Wildman–Crippen LogP) is 4.33. The lowest BCUT2D eigenvalue weighted by atomic mass is 9.75. The number of carbonyl (C=O) groups is 1. The molecule has 5 heterocycles. The van der Waals surface area contributed by atoms with Crippen molar-refractivity contribution in [3.05, 3.63) is 48.4 Å². The molecule has 6 rings (SSSR count). The van der Waals surface area contributed by atoms with E-state index < -0.39 is 0 Å². The summed E-state index contributed by atoms with van der Waals surface area (Å²) >= 11 is 0. The largest absolute Gasteiger partial charge is 0.370 e. The van der Waals surface area contributed by atoms with E-state index in [1.54, 1.807) is 0 Å². The first-order valence-electron chi connectivity index (χ1n) is 15.2. The maximum Gasteiger partial charge on any atom is 0.225 e. The third-order valence-electron chi connectivity index (χ3n) is 9.43. The Labute approximate surface area is 242 Å². The molecule has 0 N–H and O–H groups in total. The van der Waals surface area contributed by atoms with Gasteiger partial charge in [0.05, 0.1) is 28.6 Å². The summed E-state index contributed by atoms with van der Waals surface area (Å²) in [5.74, 6) is 0.299. The number of fused-ring (bicyclic) bond motifs is 1. The highest BCUT2D eigenvalue weighted by Gasteiger charge is 2.39. The molecule has 2 aliphatic heterocycles. The van der Waals surface area contributed by atoms with Crippen LogP contribution < -0.4 is 4.90 Å². The maximum atomic E-state index is 12.8. The molecule has 3 aliphatic rings. The molecule has 0 radical (unpaired) electrons. The number of aromatic nitrogens is 3. The van der Waals surface area contributed by atoms with Crippen LogP contribution in [0.3, 0.4) is 0 Å². The van der Waals surface area contributed by atoms with E-state index >= 15 is 0 Å². The number of carbonyl (C=O) groups excluding carboxylic acids is 1. The number of hydrogen-bond acceptors (Lipinski definition) is 7. The number of hydrogen-bond donors (Lipinski definition) is 0. The zero-order chi connectivity index (χ0) is 28.6. The molecular formula is C32H41N7O2. The molecule has 1 aliphatic carbocycles. The van der Waals surface area contributed by atoms with Crippen molar-refractivity contribution in [2.45, 2.75) is 58.1 Å². The van der Waals surface area contributed by atoms with Crippen LogP contribution in [0.5, 0.6) is 0 Å². The molecule has 41 heavy (non-hydrogen) atoms. The van der Waals surface area contributed by atoms with E-state index in [4.69, 9.17) is 15.0 Å². The highest BCUT2D eigenvalue weighted by atomic mass is 16.5.